The lowest BCUT2D eigenvalue weighted by Gasteiger charge is -2.59. The van der Waals surface area contributed by atoms with E-state index in [1.54, 1.807) is 24.3 Å². The molecule has 0 aromatic heterocycles. The van der Waals surface area contributed by atoms with Crippen LogP contribution in [0.25, 0.3) is 10.8 Å². The van der Waals surface area contributed by atoms with Gasteiger partial charge in [0.1, 0.15) is 61.0 Å². The van der Waals surface area contributed by atoms with Crippen LogP contribution in [-0.4, -0.2) is 195 Å². The Labute approximate surface area is 470 Å². The maximum absolute atomic E-state index is 13.8. The maximum Gasteiger partial charge on any atom is 0.241 e. The van der Waals surface area contributed by atoms with E-state index in [-0.39, 0.29) is 41.6 Å². The van der Waals surface area contributed by atoms with Crippen molar-refractivity contribution < 1.29 is 86.8 Å². The summed E-state index contributed by atoms with van der Waals surface area (Å²) >= 11 is 0. The van der Waals surface area contributed by atoms with E-state index in [4.69, 9.17) is 42.6 Å². The summed E-state index contributed by atoms with van der Waals surface area (Å²) in [5, 5.41) is 79.1. The molecule has 1 spiro atoms. The summed E-state index contributed by atoms with van der Waals surface area (Å²) in [6, 6.07) is 10.6. The molecule has 8 N–H and O–H groups in total. The van der Waals surface area contributed by atoms with Crippen LogP contribution < -0.4 is 9.62 Å². The van der Waals surface area contributed by atoms with Crippen LogP contribution in [0.1, 0.15) is 99.3 Å². The Morgan fingerprint density at radius 2 is 1.40 bits per heavy atom. The Bertz CT molecular complexity index is 2660. The zero-order valence-electron chi connectivity index (χ0n) is 47.5. The number of ether oxygens (including phenoxy) is 9. The van der Waals surface area contributed by atoms with Gasteiger partial charge in [-0.25, -0.2) is 13.1 Å². The molecule has 26 atom stereocenters. The molecular weight excluding hydrogens is 1060 g/mol. The molecule has 5 heterocycles. The molecule has 0 unspecified atom stereocenters. The predicted molar refractivity (Wildman–Crippen MR) is 290 cm³/mol. The minimum absolute atomic E-state index is 0.0795. The molecule has 2 aromatic carbocycles. The third-order valence-electron chi connectivity index (χ3n) is 20.9. The summed E-state index contributed by atoms with van der Waals surface area (Å²) < 4.78 is 88.2. The number of allylic oxidation sites excluding steroid dienone is 1. The molecule has 8 fully saturated rings. The largest absolute Gasteiger partial charge is 0.388 e. The van der Waals surface area contributed by atoms with Gasteiger partial charge < -0.3 is 83.3 Å². The summed E-state index contributed by atoms with van der Waals surface area (Å²) in [5.41, 5.74) is 2.25. The fourth-order valence-corrected chi connectivity index (χ4v) is 17.6. The molecule has 5 aliphatic heterocycles. The Morgan fingerprint density at radius 1 is 0.725 bits per heavy atom. The van der Waals surface area contributed by atoms with Gasteiger partial charge in [0, 0.05) is 49.4 Å². The highest BCUT2D eigenvalue weighted by Gasteiger charge is 2.69. The molecule has 20 nitrogen and oxygen atoms in total. The average molecular weight is 1150 g/mol. The first kappa shape index (κ1) is 59.2. The van der Waals surface area contributed by atoms with Crippen molar-refractivity contribution >= 4 is 26.5 Å². The SMILES string of the molecule is C[C@@H]1CC[C@@]2(OC1)O[C@H]1C[C@H]3[C@@H]4CC=C5C[C@@H](O[C@@H]6O[C@H](COCCNS(=O)(=O)c7cccc8c(N(C)C)cccc78)[C@@H](O[C@@H]7O[C@@H](C)[C@H](O)[C@@H](O)[C@H]7O)[C@H](O)[C@H]6O[C@@H]6O[C@@H](C)[C@H](O)[C@@H](O)[C@H]6O)CC[C@]5(C)[C@H]4CC[C@]3(C)[C@H]1[C@@H]2C. The normalized spacial score (nSPS) is 47.5. The van der Waals surface area contributed by atoms with Crippen molar-refractivity contribution in [2.45, 2.75) is 214 Å². The number of sulfonamides is 1. The van der Waals surface area contributed by atoms with Gasteiger partial charge in [-0.2, -0.15) is 0 Å². The van der Waals surface area contributed by atoms with Crippen molar-refractivity contribution in [2.24, 2.45) is 46.3 Å². The number of anilines is 1. The fourth-order valence-electron chi connectivity index (χ4n) is 16.4. The minimum atomic E-state index is -4.04. The van der Waals surface area contributed by atoms with Crippen LogP contribution in [0.4, 0.5) is 5.69 Å². The van der Waals surface area contributed by atoms with Crippen LogP contribution in [0.15, 0.2) is 52.9 Å². The molecule has 0 amide bonds. The summed E-state index contributed by atoms with van der Waals surface area (Å²) in [7, 11) is -0.271. The monoisotopic (exact) mass is 1140 g/mol. The van der Waals surface area contributed by atoms with Crippen molar-refractivity contribution in [2.75, 3.05) is 45.4 Å². The smallest absolute Gasteiger partial charge is 0.241 e. The van der Waals surface area contributed by atoms with E-state index in [0.717, 1.165) is 62.6 Å². The zero-order chi connectivity index (χ0) is 57.0. The Morgan fingerprint density at radius 3 is 2.08 bits per heavy atom. The number of nitrogens with zero attached hydrogens (tertiary/aromatic N) is 1. The van der Waals surface area contributed by atoms with Crippen LogP contribution in [0.3, 0.4) is 0 Å². The second-order valence-electron chi connectivity index (χ2n) is 25.9. The molecule has 21 heteroatoms. The third-order valence-corrected chi connectivity index (χ3v) is 22.4. The van der Waals surface area contributed by atoms with Crippen LogP contribution in [-0.2, 0) is 52.7 Å². The van der Waals surface area contributed by atoms with Gasteiger partial charge in [0.05, 0.1) is 49.1 Å². The minimum Gasteiger partial charge on any atom is -0.388 e. The van der Waals surface area contributed by atoms with E-state index >= 15 is 0 Å². The summed E-state index contributed by atoms with van der Waals surface area (Å²) in [5.74, 6) is 2.38. The van der Waals surface area contributed by atoms with Crippen molar-refractivity contribution in [3.63, 3.8) is 0 Å². The van der Waals surface area contributed by atoms with Crippen LogP contribution in [0.2, 0.25) is 0 Å². The number of rotatable bonds is 14. The van der Waals surface area contributed by atoms with Gasteiger partial charge in [0.15, 0.2) is 24.7 Å². The Balaban J connectivity index is 0.824. The number of hydrogen-bond acceptors (Lipinski definition) is 19. The highest BCUT2D eigenvalue weighted by Crippen LogP contribution is 2.71. The highest BCUT2D eigenvalue weighted by molar-refractivity contribution is 7.89. The summed E-state index contributed by atoms with van der Waals surface area (Å²) in [4.78, 5) is 2.01. The molecule has 5 saturated heterocycles. The van der Waals surface area contributed by atoms with Crippen LogP contribution in [0.5, 0.6) is 0 Å². The van der Waals surface area contributed by atoms with E-state index in [1.165, 1.54) is 19.4 Å². The highest BCUT2D eigenvalue weighted by atomic mass is 32.2. The molecule has 448 valence electrons. The standard InChI is InChI=1S/C59H88N2O18S/c1-29-17-22-59(72-27-29)30(2)44-41(79-59)26-39-37-16-15-33-25-34(18-20-57(33,5)38(37)19-21-58(39,44)6)75-56-53(78-55-50(67)48(65)46(63)32(4)74-55)51(68)52(77-54-49(66)47(64)45(62)31(3)73-54)42(76-56)28-71-24-23-60-80(69,70)43-14-10-11-35-36(43)12-9-13-40(35)61(7)8/h9-15,29-32,34,37-39,41-42,44-56,60,62-68H,16-28H2,1-8H3/t29-,30+,31+,32+,34+,37-,38+,39+,41+,42-,44+,45+,46+,47-,48-,49-,50-,51+,52-,53-,54+,55+,56-,57+,58+,59-/m1/s1. The molecule has 11 rings (SSSR count). The average Bonchev–Trinajstić information content (AvgIpc) is 4.00. The van der Waals surface area contributed by atoms with Gasteiger partial charge in [0.2, 0.25) is 10.0 Å². The second-order valence-corrected chi connectivity index (χ2v) is 27.6. The molecular formula is C59H88N2O18S. The van der Waals surface area contributed by atoms with Gasteiger partial charge >= 0.3 is 0 Å². The van der Waals surface area contributed by atoms with Gasteiger partial charge in [-0.3, -0.25) is 0 Å². The lowest BCUT2D eigenvalue weighted by atomic mass is 9.47. The first-order chi connectivity index (χ1) is 38.0. The van der Waals surface area contributed by atoms with E-state index in [0.29, 0.717) is 53.7 Å². The Kier molecular flexibility index (Phi) is 16.8. The quantitative estimate of drug-likeness (QED) is 0.0994. The fraction of sp³-hybridized carbons (Fsp3) is 0.797. The number of nitrogens with one attached hydrogen (secondary N) is 1. The van der Waals surface area contributed by atoms with Gasteiger partial charge in [0.25, 0.3) is 0 Å². The lowest BCUT2D eigenvalue weighted by molar-refractivity contribution is -0.389. The predicted octanol–water partition coefficient (Wildman–Crippen LogP) is 3.46. The van der Waals surface area contributed by atoms with Crippen LogP contribution >= 0.6 is 0 Å². The first-order valence-electron chi connectivity index (χ1n) is 29.4. The molecule has 4 aliphatic carbocycles. The first-order valence-corrected chi connectivity index (χ1v) is 30.9. The van der Waals surface area contributed by atoms with Gasteiger partial charge in [-0.05, 0) is 118 Å². The number of benzene rings is 2. The van der Waals surface area contributed by atoms with Crippen molar-refractivity contribution in [3.8, 4) is 0 Å². The second kappa shape index (κ2) is 22.7. The van der Waals surface area contributed by atoms with E-state index in [1.807, 2.05) is 31.1 Å². The van der Waals surface area contributed by atoms with Crippen LogP contribution in [0, 0.1) is 46.3 Å². The maximum atomic E-state index is 13.8. The molecule has 9 aliphatic rings. The zero-order valence-corrected chi connectivity index (χ0v) is 48.3. The van der Waals surface area contributed by atoms with E-state index in [2.05, 4.69) is 38.5 Å². The summed E-state index contributed by atoms with van der Waals surface area (Å²) in [6.07, 6.45) is -11.8. The van der Waals surface area contributed by atoms with E-state index in [9.17, 15) is 44.2 Å². The van der Waals surface area contributed by atoms with E-state index < -0.39 is 114 Å². The summed E-state index contributed by atoms with van der Waals surface area (Å²) in [6.45, 7) is 12.7. The lowest BCUT2D eigenvalue weighted by Crippen LogP contribution is -2.66. The third kappa shape index (κ3) is 10.4. The molecule has 0 radical (unpaired) electrons. The van der Waals surface area contributed by atoms with Crippen molar-refractivity contribution in [1.82, 2.24) is 4.72 Å². The molecule has 0 bridgehead atoms. The van der Waals surface area contributed by atoms with Crippen molar-refractivity contribution in [3.05, 3.63) is 48.0 Å². The number of hydrogen-bond donors (Lipinski definition) is 8. The Hall–Kier alpha value is -2.49. The molecule has 2 aromatic rings. The van der Waals surface area contributed by atoms with Crippen molar-refractivity contribution in [1.29, 1.82) is 0 Å². The molecule has 80 heavy (non-hydrogen) atoms. The van der Waals surface area contributed by atoms with Gasteiger partial charge in [-0.1, -0.05) is 63.6 Å². The van der Waals surface area contributed by atoms with Gasteiger partial charge in [-0.15, -0.1) is 0 Å². The number of aliphatic hydroxyl groups is 7. The number of fused-ring (bicyclic) bond motifs is 8. The topological polar surface area (TPSA) is 274 Å². The number of aliphatic hydroxyl groups excluding tert-OH is 7. The molecule has 3 saturated carbocycles.